The molecule has 0 bridgehead atoms. The van der Waals surface area contributed by atoms with Gasteiger partial charge in [-0.05, 0) is 50.6 Å². The van der Waals surface area contributed by atoms with Crippen molar-refractivity contribution in [2.24, 2.45) is 11.8 Å². The molecular formula is C18H28N4O. The van der Waals surface area contributed by atoms with Gasteiger partial charge in [-0.3, -0.25) is 9.48 Å². The van der Waals surface area contributed by atoms with Crippen molar-refractivity contribution in [3.8, 4) is 0 Å². The van der Waals surface area contributed by atoms with E-state index in [4.69, 9.17) is 0 Å². The third kappa shape index (κ3) is 3.30. The largest absolute Gasteiger partial charge is 0.338 e. The number of fused-ring (bicyclic) bond motifs is 1. The monoisotopic (exact) mass is 316 g/mol. The Morgan fingerprint density at radius 3 is 2.52 bits per heavy atom. The molecule has 2 saturated heterocycles. The van der Waals surface area contributed by atoms with Crippen molar-refractivity contribution in [3.05, 3.63) is 18.0 Å². The average Bonchev–Trinajstić information content (AvgIpc) is 3.28. The summed E-state index contributed by atoms with van der Waals surface area (Å²) in [5, 5.41) is 4.41. The van der Waals surface area contributed by atoms with E-state index in [1.54, 1.807) is 6.20 Å². The molecule has 5 heteroatoms. The van der Waals surface area contributed by atoms with Crippen LogP contribution in [0.25, 0.3) is 0 Å². The Kier molecular flexibility index (Phi) is 4.38. The van der Waals surface area contributed by atoms with E-state index in [1.807, 2.05) is 10.9 Å². The van der Waals surface area contributed by atoms with Gasteiger partial charge in [0.05, 0.1) is 18.3 Å². The fourth-order valence-electron chi connectivity index (χ4n) is 4.61. The first-order valence-corrected chi connectivity index (χ1v) is 9.34. The van der Waals surface area contributed by atoms with Crippen LogP contribution in [0.3, 0.4) is 0 Å². The smallest absolute Gasteiger partial charge is 0.257 e. The lowest BCUT2D eigenvalue weighted by Gasteiger charge is -2.26. The zero-order valence-corrected chi connectivity index (χ0v) is 14.0. The highest BCUT2D eigenvalue weighted by Crippen LogP contribution is 2.38. The summed E-state index contributed by atoms with van der Waals surface area (Å²) in [6.45, 7) is 6.28. The molecule has 0 N–H and O–H groups in total. The quantitative estimate of drug-likeness (QED) is 0.855. The number of hydrogen-bond donors (Lipinski definition) is 0. The Hall–Kier alpha value is -1.36. The molecule has 23 heavy (non-hydrogen) atoms. The van der Waals surface area contributed by atoms with E-state index in [-0.39, 0.29) is 5.91 Å². The molecule has 0 unspecified atom stereocenters. The van der Waals surface area contributed by atoms with Crippen LogP contribution in [0.4, 0.5) is 0 Å². The van der Waals surface area contributed by atoms with Gasteiger partial charge in [-0.2, -0.15) is 5.10 Å². The summed E-state index contributed by atoms with van der Waals surface area (Å²) in [6.07, 6.45) is 11.7. The minimum absolute atomic E-state index is 0.184. The molecule has 0 aromatic carbocycles. The fourth-order valence-corrected chi connectivity index (χ4v) is 4.61. The number of rotatable bonds is 4. The zero-order valence-electron chi connectivity index (χ0n) is 14.0. The molecule has 2 aliphatic heterocycles. The molecule has 3 aliphatic rings. The molecule has 0 radical (unpaired) electrons. The van der Waals surface area contributed by atoms with E-state index < -0.39 is 0 Å². The summed E-state index contributed by atoms with van der Waals surface area (Å²) >= 11 is 0. The molecule has 1 amide bonds. The molecule has 1 aromatic rings. The molecule has 126 valence electrons. The maximum Gasteiger partial charge on any atom is 0.257 e. The summed E-state index contributed by atoms with van der Waals surface area (Å²) < 4.78 is 1.94. The van der Waals surface area contributed by atoms with Crippen LogP contribution in [0, 0.1) is 11.8 Å². The summed E-state index contributed by atoms with van der Waals surface area (Å²) in [5.74, 6) is 1.70. The van der Waals surface area contributed by atoms with Gasteiger partial charge in [-0.15, -0.1) is 0 Å². The van der Waals surface area contributed by atoms with Crippen LogP contribution >= 0.6 is 0 Å². The maximum atomic E-state index is 12.7. The third-order valence-electron chi connectivity index (χ3n) is 5.99. The van der Waals surface area contributed by atoms with Crippen LogP contribution in [0.1, 0.15) is 48.9 Å². The molecule has 2 atom stereocenters. The van der Waals surface area contributed by atoms with E-state index in [1.165, 1.54) is 51.6 Å². The molecule has 1 saturated carbocycles. The molecular weight excluding hydrogens is 288 g/mol. The van der Waals surface area contributed by atoms with Crippen molar-refractivity contribution < 1.29 is 4.79 Å². The number of nitrogens with zero attached hydrogens (tertiary/aromatic N) is 4. The molecule has 3 fully saturated rings. The van der Waals surface area contributed by atoms with Gasteiger partial charge in [0.25, 0.3) is 5.91 Å². The SMILES string of the molecule is O=C(c1cnn(CCN2CCCCC2)c1)N1C[C@H]2CCC[C@@H]2C1. The van der Waals surface area contributed by atoms with Gasteiger partial charge in [-0.1, -0.05) is 12.8 Å². The van der Waals surface area contributed by atoms with Crippen LogP contribution in [-0.4, -0.2) is 58.2 Å². The van der Waals surface area contributed by atoms with Gasteiger partial charge in [0.15, 0.2) is 0 Å². The summed E-state index contributed by atoms with van der Waals surface area (Å²) in [5.41, 5.74) is 0.767. The molecule has 1 aliphatic carbocycles. The summed E-state index contributed by atoms with van der Waals surface area (Å²) in [7, 11) is 0. The average molecular weight is 316 g/mol. The van der Waals surface area contributed by atoms with Crippen molar-refractivity contribution >= 4 is 5.91 Å². The topological polar surface area (TPSA) is 41.4 Å². The Morgan fingerprint density at radius 1 is 1.04 bits per heavy atom. The van der Waals surface area contributed by atoms with Gasteiger partial charge in [0.1, 0.15) is 0 Å². The number of hydrogen-bond acceptors (Lipinski definition) is 3. The predicted octanol–water partition coefficient (Wildman–Crippen LogP) is 2.24. The highest BCUT2D eigenvalue weighted by Gasteiger charge is 2.38. The lowest BCUT2D eigenvalue weighted by molar-refractivity contribution is 0.0780. The Labute approximate surface area is 138 Å². The van der Waals surface area contributed by atoms with Crippen LogP contribution in [0.5, 0.6) is 0 Å². The maximum absolute atomic E-state index is 12.7. The number of carbonyl (C=O) groups excluding carboxylic acids is 1. The standard InChI is InChI=1S/C18H28N4O/c23-18(21-12-15-5-4-6-16(15)13-21)17-11-19-22(14-17)10-9-20-7-2-1-3-8-20/h11,14-16H,1-10,12-13H2/t15-,16-/m1/s1. The first-order valence-electron chi connectivity index (χ1n) is 9.34. The fraction of sp³-hybridized carbons (Fsp3) is 0.778. The lowest BCUT2D eigenvalue weighted by Crippen LogP contribution is -2.32. The highest BCUT2D eigenvalue weighted by molar-refractivity contribution is 5.93. The molecule has 3 heterocycles. The molecule has 0 spiro atoms. The van der Waals surface area contributed by atoms with Crippen LogP contribution < -0.4 is 0 Å². The first-order chi connectivity index (χ1) is 11.3. The van der Waals surface area contributed by atoms with E-state index in [0.29, 0.717) is 0 Å². The van der Waals surface area contributed by atoms with Crippen molar-refractivity contribution in [1.29, 1.82) is 0 Å². The van der Waals surface area contributed by atoms with Crippen LogP contribution in [0.2, 0.25) is 0 Å². The van der Waals surface area contributed by atoms with Crippen molar-refractivity contribution in [2.75, 3.05) is 32.7 Å². The third-order valence-corrected chi connectivity index (χ3v) is 5.99. The van der Waals surface area contributed by atoms with Gasteiger partial charge in [0.2, 0.25) is 0 Å². The zero-order chi connectivity index (χ0) is 15.6. The van der Waals surface area contributed by atoms with Crippen molar-refractivity contribution in [1.82, 2.24) is 19.6 Å². The number of carbonyl (C=O) groups is 1. The first kappa shape index (κ1) is 15.2. The summed E-state index contributed by atoms with van der Waals surface area (Å²) in [4.78, 5) is 17.2. The molecule has 5 nitrogen and oxygen atoms in total. The predicted molar refractivity (Wildman–Crippen MR) is 89.3 cm³/mol. The number of aromatic nitrogens is 2. The van der Waals surface area contributed by atoms with Gasteiger partial charge >= 0.3 is 0 Å². The number of amides is 1. The van der Waals surface area contributed by atoms with Crippen molar-refractivity contribution in [2.45, 2.75) is 45.1 Å². The van der Waals surface area contributed by atoms with E-state index in [2.05, 4.69) is 14.9 Å². The van der Waals surface area contributed by atoms with Gasteiger partial charge in [0, 0.05) is 25.8 Å². The van der Waals surface area contributed by atoms with E-state index >= 15 is 0 Å². The van der Waals surface area contributed by atoms with Crippen LogP contribution in [0.15, 0.2) is 12.4 Å². The molecule has 1 aromatic heterocycles. The Balaban J connectivity index is 1.31. The van der Waals surface area contributed by atoms with Crippen molar-refractivity contribution in [3.63, 3.8) is 0 Å². The number of likely N-dealkylation sites (tertiary alicyclic amines) is 2. The van der Waals surface area contributed by atoms with Crippen LogP contribution in [-0.2, 0) is 6.54 Å². The van der Waals surface area contributed by atoms with Gasteiger partial charge < -0.3 is 9.80 Å². The lowest BCUT2D eigenvalue weighted by atomic mass is 10.0. The van der Waals surface area contributed by atoms with E-state index in [0.717, 1.165) is 43.6 Å². The highest BCUT2D eigenvalue weighted by atomic mass is 16.2. The number of piperidine rings is 1. The minimum atomic E-state index is 0.184. The van der Waals surface area contributed by atoms with Gasteiger partial charge in [-0.25, -0.2) is 0 Å². The normalized spacial score (nSPS) is 28.3. The Morgan fingerprint density at radius 2 is 1.78 bits per heavy atom. The van der Waals surface area contributed by atoms with E-state index in [9.17, 15) is 4.79 Å². The second-order valence-electron chi connectivity index (χ2n) is 7.56. The molecule has 4 rings (SSSR count). The second kappa shape index (κ2) is 6.63. The second-order valence-corrected chi connectivity index (χ2v) is 7.56. The Bertz CT molecular complexity index is 537. The summed E-state index contributed by atoms with van der Waals surface area (Å²) in [6, 6.07) is 0. The minimum Gasteiger partial charge on any atom is -0.338 e.